The maximum Gasteiger partial charge on any atom is 0.307 e. The zero-order valence-corrected chi connectivity index (χ0v) is 8.18. The van der Waals surface area contributed by atoms with Gasteiger partial charge >= 0.3 is 5.69 Å². The van der Waals surface area contributed by atoms with E-state index < -0.39 is 22.2 Å². The van der Waals surface area contributed by atoms with Gasteiger partial charge in [-0.05, 0) is 6.07 Å². The van der Waals surface area contributed by atoms with Crippen LogP contribution in [-0.4, -0.2) is 9.91 Å². The van der Waals surface area contributed by atoms with Crippen LogP contribution in [0.3, 0.4) is 0 Å². The van der Waals surface area contributed by atoms with E-state index in [1.54, 1.807) is 0 Å². The Morgan fingerprint density at radius 3 is 2.59 bits per heavy atom. The number of halogens is 2. The number of nitrogens with zero attached hydrogens (tertiary/aromatic N) is 2. The van der Waals surface area contributed by atoms with Crippen LogP contribution in [0.25, 0.3) is 11.3 Å². The molecule has 1 aromatic carbocycles. The summed E-state index contributed by atoms with van der Waals surface area (Å²) in [6, 6.07) is 0.926. The molecule has 8 heteroatoms. The molecule has 6 nitrogen and oxygen atoms in total. The lowest BCUT2D eigenvalue weighted by Crippen LogP contribution is -1.95. The normalized spacial score (nSPS) is 10.5. The molecule has 0 fully saturated rings. The highest BCUT2D eigenvalue weighted by Gasteiger charge is 2.20. The van der Waals surface area contributed by atoms with Crippen LogP contribution < -0.4 is 5.73 Å². The molecule has 0 saturated heterocycles. The van der Waals surface area contributed by atoms with Gasteiger partial charge in [-0.15, -0.1) is 0 Å². The van der Waals surface area contributed by atoms with Gasteiger partial charge in [0.2, 0.25) is 5.82 Å². The third-order valence-electron chi connectivity index (χ3n) is 2.02. The smallest absolute Gasteiger partial charge is 0.307 e. The fraction of sp³-hybridized carbons (Fsp3) is 0. The first kappa shape index (κ1) is 11.0. The maximum absolute atomic E-state index is 13.5. The van der Waals surface area contributed by atoms with E-state index in [1.807, 2.05) is 0 Å². The molecule has 0 atom stereocenters. The topological polar surface area (TPSA) is 95.2 Å². The van der Waals surface area contributed by atoms with Gasteiger partial charge in [0.25, 0.3) is 6.01 Å². The van der Waals surface area contributed by atoms with Crippen molar-refractivity contribution in [3.05, 3.63) is 40.1 Å². The van der Waals surface area contributed by atoms with E-state index in [1.165, 1.54) is 0 Å². The fourth-order valence-electron chi connectivity index (χ4n) is 1.28. The molecule has 88 valence electrons. The molecule has 2 rings (SSSR count). The number of nitro groups is 1. The molecule has 0 unspecified atom stereocenters. The molecular weight excluding hydrogens is 236 g/mol. The Bertz CT molecular complexity index is 597. The summed E-state index contributed by atoms with van der Waals surface area (Å²) in [7, 11) is 0. The van der Waals surface area contributed by atoms with Crippen molar-refractivity contribution in [1.82, 2.24) is 4.98 Å². The highest BCUT2D eigenvalue weighted by atomic mass is 19.1. The zero-order valence-electron chi connectivity index (χ0n) is 8.18. The molecular formula is C9H5F2N3O3. The first-order valence-electron chi connectivity index (χ1n) is 4.34. The quantitative estimate of drug-likeness (QED) is 0.641. The Morgan fingerprint density at radius 1 is 1.35 bits per heavy atom. The van der Waals surface area contributed by atoms with Gasteiger partial charge in [-0.1, -0.05) is 0 Å². The summed E-state index contributed by atoms with van der Waals surface area (Å²) in [6.45, 7) is 0. The van der Waals surface area contributed by atoms with Crippen LogP contribution in [0.5, 0.6) is 0 Å². The number of nitro benzene ring substituents is 1. The molecule has 17 heavy (non-hydrogen) atoms. The molecule has 2 aromatic rings. The number of nitrogens with two attached hydrogens (primary N) is 1. The molecule has 1 aromatic heterocycles. The predicted octanol–water partition coefficient (Wildman–Crippen LogP) is 2.11. The predicted molar refractivity (Wildman–Crippen MR) is 52.9 cm³/mol. The Hall–Kier alpha value is -2.51. The molecule has 0 radical (unpaired) electrons. The van der Waals surface area contributed by atoms with Crippen LogP contribution in [0.15, 0.2) is 22.7 Å². The van der Waals surface area contributed by atoms with E-state index in [0.717, 1.165) is 6.20 Å². The van der Waals surface area contributed by atoms with Gasteiger partial charge in [0.1, 0.15) is 5.82 Å². The van der Waals surface area contributed by atoms with Crippen molar-refractivity contribution in [2.45, 2.75) is 0 Å². The summed E-state index contributed by atoms with van der Waals surface area (Å²) < 4.78 is 31.6. The molecule has 0 aliphatic rings. The van der Waals surface area contributed by atoms with Crippen molar-refractivity contribution in [1.29, 1.82) is 0 Å². The average molecular weight is 241 g/mol. The third kappa shape index (κ3) is 1.92. The highest BCUT2D eigenvalue weighted by Crippen LogP contribution is 2.29. The number of rotatable bonds is 2. The zero-order chi connectivity index (χ0) is 12.6. The van der Waals surface area contributed by atoms with Crippen molar-refractivity contribution in [2.75, 3.05) is 5.73 Å². The minimum atomic E-state index is -1.17. The Balaban J connectivity index is 2.57. The second-order valence-corrected chi connectivity index (χ2v) is 3.10. The van der Waals surface area contributed by atoms with E-state index in [4.69, 9.17) is 10.2 Å². The standard InChI is InChI=1S/C9H5F2N3O3/c10-5-2-7(14(15)16)6(11)1-4(5)8-3-13-9(12)17-8/h1-3H,(H2,12,13). The van der Waals surface area contributed by atoms with Gasteiger partial charge in [-0.25, -0.2) is 9.37 Å². The minimum absolute atomic E-state index is 0.103. The number of hydrogen-bond acceptors (Lipinski definition) is 5. The summed E-state index contributed by atoms with van der Waals surface area (Å²) in [6.07, 6.45) is 1.10. The van der Waals surface area contributed by atoms with Crippen molar-refractivity contribution in [2.24, 2.45) is 0 Å². The number of aromatic nitrogens is 1. The van der Waals surface area contributed by atoms with Crippen LogP contribution in [0.1, 0.15) is 0 Å². The molecule has 0 bridgehead atoms. The first-order valence-corrected chi connectivity index (χ1v) is 4.34. The number of nitrogen functional groups attached to an aromatic ring is 1. The van der Waals surface area contributed by atoms with Crippen molar-refractivity contribution >= 4 is 11.7 Å². The molecule has 0 amide bonds. The van der Waals surface area contributed by atoms with Crippen LogP contribution in [0.4, 0.5) is 20.5 Å². The Morgan fingerprint density at radius 2 is 2.06 bits per heavy atom. The molecule has 0 saturated carbocycles. The summed E-state index contributed by atoms with van der Waals surface area (Å²) in [4.78, 5) is 12.9. The summed E-state index contributed by atoms with van der Waals surface area (Å²) in [5.41, 5.74) is 3.95. The number of oxazole rings is 1. The largest absolute Gasteiger partial charge is 0.424 e. The van der Waals surface area contributed by atoms with E-state index in [0.29, 0.717) is 12.1 Å². The van der Waals surface area contributed by atoms with Crippen LogP contribution >= 0.6 is 0 Å². The highest BCUT2D eigenvalue weighted by molar-refractivity contribution is 5.60. The van der Waals surface area contributed by atoms with Crippen molar-refractivity contribution < 1.29 is 18.1 Å². The van der Waals surface area contributed by atoms with Crippen molar-refractivity contribution in [3.8, 4) is 11.3 Å². The monoisotopic (exact) mass is 241 g/mol. The van der Waals surface area contributed by atoms with Gasteiger partial charge in [0, 0.05) is 0 Å². The maximum atomic E-state index is 13.5. The van der Waals surface area contributed by atoms with E-state index in [2.05, 4.69) is 4.98 Å². The second-order valence-electron chi connectivity index (χ2n) is 3.10. The molecule has 2 N–H and O–H groups in total. The lowest BCUT2D eigenvalue weighted by molar-refractivity contribution is -0.387. The van der Waals surface area contributed by atoms with E-state index in [9.17, 15) is 18.9 Å². The van der Waals surface area contributed by atoms with Crippen LogP contribution in [0.2, 0.25) is 0 Å². The molecule has 0 spiro atoms. The second kappa shape index (κ2) is 3.81. The van der Waals surface area contributed by atoms with Gasteiger partial charge in [-0.2, -0.15) is 4.39 Å². The Labute approximate surface area is 92.8 Å². The van der Waals surface area contributed by atoms with E-state index >= 15 is 0 Å². The third-order valence-corrected chi connectivity index (χ3v) is 2.02. The van der Waals surface area contributed by atoms with Gasteiger partial charge < -0.3 is 10.2 Å². The summed E-state index contributed by atoms with van der Waals surface area (Å²) in [5, 5.41) is 10.4. The first-order chi connectivity index (χ1) is 7.99. The number of benzene rings is 1. The summed E-state index contributed by atoms with van der Waals surface area (Å²) in [5.74, 6) is -2.26. The van der Waals surface area contributed by atoms with Crippen LogP contribution in [0, 0.1) is 21.7 Å². The van der Waals surface area contributed by atoms with Gasteiger partial charge in [-0.3, -0.25) is 10.1 Å². The number of hydrogen-bond donors (Lipinski definition) is 1. The number of anilines is 1. The van der Waals surface area contributed by atoms with Gasteiger partial charge in [0.15, 0.2) is 5.76 Å². The lowest BCUT2D eigenvalue weighted by Gasteiger charge is -2.00. The lowest BCUT2D eigenvalue weighted by atomic mass is 10.1. The van der Waals surface area contributed by atoms with E-state index in [-0.39, 0.29) is 17.3 Å². The molecule has 0 aliphatic carbocycles. The van der Waals surface area contributed by atoms with Gasteiger partial charge in [0.05, 0.1) is 22.7 Å². The summed E-state index contributed by atoms with van der Waals surface area (Å²) >= 11 is 0. The molecule has 1 heterocycles. The molecule has 0 aliphatic heterocycles. The average Bonchev–Trinajstić information content (AvgIpc) is 2.67. The van der Waals surface area contributed by atoms with Crippen LogP contribution in [-0.2, 0) is 0 Å². The minimum Gasteiger partial charge on any atom is -0.424 e. The van der Waals surface area contributed by atoms with Crippen molar-refractivity contribution in [3.63, 3.8) is 0 Å². The fourth-order valence-corrected chi connectivity index (χ4v) is 1.28. The Kier molecular flexibility index (Phi) is 2.47. The SMILES string of the molecule is Nc1ncc(-c2cc(F)c([N+](=O)[O-])cc2F)o1.